The van der Waals surface area contributed by atoms with E-state index in [2.05, 4.69) is 5.32 Å². The van der Waals surface area contributed by atoms with Crippen LogP contribution in [-0.2, 0) is 9.84 Å². The second kappa shape index (κ2) is 4.56. The van der Waals surface area contributed by atoms with E-state index in [1.807, 2.05) is 25.1 Å². The zero-order valence-corrected chi connectivity index (χ0v) is 10.8. The average Bonchev–Trinajstić information content (AvgIpc) is 2.60. The lowest BCUT2D eigenvalue weighted by Crippen LogP contribution is -2.25. The molecule has 1 fully saturated rings. The average molecular weight is 254 g/mol. The smallest absolute Gasteiger partial charge is 0.154 e. The van der Waals surface area contributed by atoms with Crippen molar-refractivity contribution in [3.8, 4) is 0 Å². The molecule has 1 aliphatic rings. The highest BCUT2D eigenvalue weighted by atomic mass is 32.2. The molecule has 0 aliphatic carbocycles. The normalized spacial score (nSPS) is 22.5. The van der Waals surface area contributed by atoms with E-state index in [1.54, 1.807) is 0 Å². The van der Waals surface area contributed by atoms with Gasteiger partial charge >= 0.3 is 0 Å². The number of nitrogen functional groups attached to an aromatic ring is 1. The van der Waals surface area contributed by atoms with E-state index in [0.717, 1.165) is 24.1 Å². The lowest BCUT2D eigenvalue weighted by molar-refractivity contribution is 0.591. The Morgan fingerprint density at radius 2 is 2.24 bits per heavy atom. The van der Waals surface area contributed by atoms with Gasteiger partial charge in [-0.2, -0.15) is 0 Å². The van der Waals surface area contributed by atoms with Gasteiger partial charge in [-0.1, -0.05) is 12.1 Å². The quantitative estimate of drug-likeness (QED) is 0.803. The minimum Gasteiger partial charge on any atom is -0.397 e. The molecule has 1 atom stereocenters. The molecule has 0 radical (unpaired) electrons. The largest absolute Gasteiger partial charge is 0.397 e. The summed E-state index contributed by atoms with van der Waals surface area (Å²) in [6.45, 7) is 2.39. The summed E-state index contributed by atoms with van der Waals surface area (Å²) >= 11 is 0. The van der Waals surface area contributed by atoms with Crippen molar-refractivity contribution < 1.29 is 8.42 Å². The Hall–Kier alpha value is -1.23. The first-order valence-electron chi connectivity index (χ1n) is 5.81. The first kappa shape index (κ1) is 12.2. The summed E-state index contributed by atoms with van der Waals surface area (Å²) in [6.07, 6.45) is 1.53. The topological polar surface area (TPSA) is 72.2 Å². The number of para-hydroxylation sites is 1. The van der Waals surface area contributed by atoms with Crippen LogP contribution in [0.25, 0.3) is 0 Å². The third kappa shape index (κ3) is 2.54. The number of rotatable bonds is 3. The van der Waals surface area contributed by atoms with Crippen molar-refractivity contribution in [3.05, 3.63) is 23.8 Å². The highest BCUT2D eigenvalue weighted by Gasteiger charge is 2.30. The Labute approximate surface area is 102 Å². The van der Waals surface area contributed by atoms with Gasteiger partial charge in [-0.3, -0.25) is 0 Å². The Morgan fingerprint density at radius 3 is 2.88 bits per heavy atom. The number of nitrogens with two attached hydrogens (primary N) is 1. The Balaban J connectivity index is 2.06. The van der Waals surface area contributed by atoms with Gasteiger partial charge in [0.05, 0.1) is 22.4 Å². The van der Waals surface area contributed by atoms with Crippen LogP contribution in [0.3, 0.4) is 0 Å². The van der Waals surface area contributed by atoms with Gasteiger partial charge < -0.3 is 11.1 Å². The van der Waals surface area contributed by atoms with Crippen molar-refractivity contribution in [2.75, 3.05) is 23.3 Å². The maximum absolute atomic E-state index is 11.7. The summed E-state index contributed by atoms with van der Waals surface area (Å²) in [5.74, 6) is 0.322. The molecule has 1 aliphatic heterocycles. The molecule has 2 rings (SSSR count). The molecule has 0 bridgehead atoms. The molecule has 1 saturated heterocycles. The van der Waals surface area contributed by atoms with Crippen molar-refractivity contribution in [2.45, 2.75) is 25.0 Å². The van der Waals surface area contributed by atoms with E-state index in [0.29, 0.717) is 18.0 Å². The van der Waals surface area contributed by atoms with Gasteiger partial charge in [0, 0.05) is 6.54 Å². The summed E-state index contributed by atoms with van der Waals surface area (Å²) < 4.78 is 23.3. The van der Waals surface area contributed by atoms with Gasteiger partial charge in [-0.15, -0.1) is 0 Å². The molecule has 1 unspecified atom stereocenters. The molecular formula is C12H18N2O2S. The minimum atomic E-state index is -2.88. The van der Waals surface area contributed by atoms with E-state index in [1.165, 1.54) is 0 Å². The monoisotopic (exact) mass is 254 g/mol. The van der Waals surface area contributed by atoms with E-state index >= 15 is 0 Å². The fourth-order valence-electron chi connectivity index (χ4n) is 2.15. The van der Waals surface area contributed by atoms with E-state index in [-0.39, 0.29) is 5.25 Å². The lowest BCUT2D eigenvalue weighted by Gasteiger charge is -2.14. The van der Waals surface area contributed by atoms with Gasteiger partial charge in [0.1, 0.15) is 0 Å². The van der Waals surface area contributed by atoms with Crippen molar-refractivity contribution in [3.63, 3.8) is 0 Å². The fraction of sp³-hybridized carbons (Fsp3) is 0.500. The van der Waals surface area contributed by atoms with Crippen LogP contribution in [-0.4, -0.2) is 26.0 Å². The fourth-order valence-corrected chi connectivity index (χ4v) is 3.91. The van der Waals surface area contributed by atoms with Gasteiger partial charge in [0.2, 0.25) is 0 Å². The predicted octanol–water partition coefficient (Wildman–Crippen LogP) is 1.57. The second-order valence-electron chi connectivity index (χ2n) is 4.55. The number of hydrogen-bond acceptors (Lipinski definition) is 4. The van der Waals surface area contributed by atoms with Crippen molar-refractivity contribution in [1.29, 1.82) is 0 Å². The molecule has 0 saturated carbocycles. The predicted molar refractivity (Wildman–Crippen MR) is 70.9 cm³/mol. The zero-order valence-electron chi connectivity index (χ0n) is 9.94. The molecule has 3 N–H and O–H groups in total. The van der Waals surface area contributed by atoms with E-state index in [4.69, 9.17) is 5.73 Å². The first-order chi connectivity index (χ1) is 8.00. The summed E-state index contributed by atoms with van der Waals surface area (Å²) in [5.41, 5.74) is 8.45. The summed E-state index contributed by atoms with van der Waals surface area (Å²) in [6, 6.07) is 5.73. The standard InChI is InChI=1S/C12H18N2O2S/c1-9-4-2-6-11(12(9)13)14-8-10-5-3-7-17(10,15)16/h2,4,6,10,14H,3,5,7-8,13H2,1H3. The third-order valence-electron chi connectivity index (χ3n) is 3.31. The van der Waals surface area contributed by atoms with Crippen LogP contribution in [0, 0.1) is 6.92 Å². The third-order valence-corrected chi connectivity index (χ3v) is 5.58. The molecule has 1 aromatic rings. The summed E-state index contributed by atoms with van der Waals surface area (Å²) in [5, 5.41) is 2.89. The van der Waals surface area contributed by atoms with Crippen LogP contribution in [0.2, 0.25) is 0 Å². The minimum absolute atomic E-state index is 0.262. The zero-order chi connectivity index (χ0) is 12.5. The molecule has 1 heterocycles. The number of anilines is 2. The van der Waals surface area contributed by atoms with Crippen LogP contribution in [0.5, 0.6) is 0 Å². The van der Waals surface area contributed by atoms with E-state index < -0.39 is 9.84 Å². The van der Waals surface area contributed by atoms with Gasteiger partial charge in [0.15, 0.2) is 9.84 Å². The Kier molecular flexibility index (Phi) is 3.28. The molecule has 0 amide bonds. The SMILES string of the molecule is Cc1cccc(NCC2CCCS2(=O)=O)c1N. The van der Waals surface area contributed by atoms with E-state index in [9.17, 15) is 8.42 Å². The van der Waals surface area contributed by atoms with Gasteiger partial charge in [-0.05, 0) is 31.4 Å². The summed E-state index contributed by atoms with van der Waals surface area (Å²) in [7, 11) is -2.88. The Morgan fingerprint density at radius 1 is 1.47 bits per heavy atom. The molecule has 0 aromatic heterocycles. The van der Waals surface area contributed by atoms with Crippen molar-refractivity contribution >= 4 is 21.2 Å². The molecular weight excluding hydrogens is 236 g/mol. The maximum atomic E-state index is 11.7. The number of nitrogens with one attached hydrogen (secondary N) is 1. The van der Waals surface area contributed by atoms with Crippen LogP contribution in [0.15, 0.2) is 18.2 Å². The number of benzene rings is 1. The van der Waals surface area contributed by atoms with Crippen molar-refractivity contribution in [2.24, 2.45) is 0 Å². The van der Waals surface area contributed by atoms with Gasteiger partial charge in [0.25, 0.3) is 0 Å². The second-order valence-corrected chi connectivity index (χ2v) is 6.95. The lowest BCUT2D eigenvalue weighted by atomic mass is 10.1. The molecule has 5 heteroatoms. The highest BCUT2D eigenvalue weighted by molar-refractivity contribution is 7.92. The van der Waals surface area contributed by atoms with Gasteiger partial charge in [-0.25, -0.2) is 8.42 Å². The highest BCUT2D eigenvalue weighted by Crippen LogP contribution is 2.24. The number of hydrogen-bond donors (Lipinski definition) is 2. The van der Waals surface area contributed by atoms with Crippen molar-refractivity contribution in [1.82, 2.24) is 0 Å². The molecule has 17 heavy (non-hydrogen) atoms. The van der Waals surface area contributed by atoms with Crippen LogP contribution in [0.4, 0.5) is 11.4 Å². The molecule has 94 valence electrons. The number of sulfone groups is 1. The molecule has 0 spiro atoms. The number of aryl methyl sites for hydroxylation is 1. The van der Waals surface area contributed by atoms with Crippen LogP contribution in [0.1, 0.15) is 18.4 Å². The Bertz CT molecular complexity index is 511. The summed E-state index contributed by atoms with van der Waals surface area (Å²) in [4.78, 5) is 0. The molecule has 4 nitrogen and oxygen atoms in total. The van der Waals surface area contributed by atoms with Crippen LogP contribution >= 0.6 is 0 Å². The first-order valence-corrected chi connectivity index (χ1v) is 7.53. The van der Waals surface area contributed by atoms with Crippen LogP contribution < -0.4 is 11.1 Å². The maximum Gasteiger partial charge on any atom is 0.154 e. The molecule has 1 aromatic carbocycles.